The summed E-state index contributed by atoms with van der Waals surface area (Å²) in [6.07, 6.45) is -0.0410. The zero-order valence-electron chi connectivity index (χ0n) is 16.7. The van der Waals surface area contributed by atoms with Crippen LogP contribution in [-0.4, -0.2) is 51.7 Å². The largest absolute Gasteiger partial charge is 0.507 e. The second-order valence-corrected chi connectivity index (χ2v) is 6.61. The van der Waals surface area contributed by atoms with E-state index in [4.69, 9.17) is 9.52 Å². The molecular weight excluding hydrogens is 367 g/mol. The molecule has 0 bridgehead atoms. The van der Waals surface area contributed by atoms with Gasteiger partial charge >= 0.3 is 5.63 Å². The Balaban J connectivity index is 0.000000717. The van der Waals surface area contributed by atoms with E-state index in [1.807, 2.05) is 30.3 Å². The van der Waals surface area contributed by atoms with Crippen LogP contribution < -0.4 is 5.63 Å². The molecule has 0 saturated heterocycles. The Bertz CT molecular complexity index is 961. The third-order valence-corrected chi connectivity index (χ3v) is 3.86. The number of para-hydroxylation sites is 1. The van der Waals surface area contributed by atoms with Gasteiger partial charge < -0.3 is 14.6 Å². The van der Waals surface area contributed by atoms with E-state index in [0.717, 1.165) is 5.56 Å². The van der Waals surface area contributed by atoms with E-state index in [-0.39, 0.29) is 59.2 Å². The first-order valence-corrected chi connectivity index (χ1v) is 8.78. The van der Waals surface area contributed by atoms with Crippen molar-refractivity contribution >= 4 is 46.3 Å². The number of hydrogen-bond donors (Lipinski definition) is 2. The normalized spacial score (nSPS) is 11.3. The van der Waals surface area contributed by atoms with Crippen molar-refractivity contribution in [3.63, 3.8) is 0 Å². The van der Waals surface area contributed by atoms with Crippen molar-refractivity contribution in [1.82, 2.24) is 0 Å². The van der Waals surface area contributed by atoms with Crippen LogP contribution in [0.5, 0.6) is 5.75 Å². The average Bonchev–Trinajstić information content (AvgIpc) is 2.61. The topological polar surface area (TPSA) is 87.7 Å². The Morgan fingerprint density at radius 2 is 1.57 bits per heavy atom. The number of carbonyl (C=O) groups is 1. The minimum absolute atomic E-state index is 0. The van der Waals surface area contributed by atoms with E-state index >= 15 is 0 Å². The van der Waals surface area contributed by atoms with E-state index in [0.29, 0.717) is 11.0 Å². The summed E-state index contributed by atoms with van der Waals surface area (Å²) in [5.41, 5.74) is 0.635. The van der Waals surface area contributed by atoms with Crippen LogP contribution >= 0.6 is 0 Å². The molecule has 0 aliphatic heterocycles. The van der Waals surface area contributed by atoms with Crippen molar-refractivity contribution in [3.8, 4) is 5.75 Å². The van der Waals surface area contributed by atoms with Crippen molar-refractivity contribution < 1.29 is 19.4 Å². The average molecular weight is 391 g/mol. The van der Waals surface area contributed by atoms with Crippen molar-refractivity contribution in [3.05, 3.63) is 76.1 Å². The number of aliphatic hydroxyl groups is 1. The molecule has 2 aromatic carbocycles. The van der Waals surface area contributed by atoms with Crippen LogP contribution in [0.3, 0.4) is 0 Å². The maximum Gasteiger partial charge on any atom is 0.343 e. The molecule has 143 valence electrons. The molecule has 2 N–H and O–H groups in total. The molecule has 0 spiro atoms. The summed E-state index contributed by atoms with van der Waals surface area (Å²) in [5.74, 6) is -0.715. The molecule has 0 fully saturated rings. The second-order valence-electron chi connectivity index (χ2n) is 6.61. The summed E-state index contributed by atoms with van der Waals surface area (Å²) < 4.78 is 5.33. The smallest absolute Gasteiger partial charge is 0.343 e. The minimum atomic E-state index is -0.615. The fraction of sp³-hybridized carbons (Fsp3) is 0.273. The molecule has 28 heavy (non-hydrogen) atoms. The van der Waals surface area contributed by atoms with E-state index in [1.54, 1.807) is 38.1 Å². The van der Waals surface area contributed by atoms with Gasteiger partial charge in [0.05, 0.1) is 10.9 Å². The standard InChI is InChI=1S/C19H16O4.C3H8O.Na/c1-12(20)11-15(13-7-3-2-4-8-13)17-18(21)14-9-5-6-10-16(14)23-19(17)22;1-3(2)4;/h2-10,15,21H,11H2,1H3;3-4H,1-2H3;. The quantitative estimate of drug-likeness (QED) is 0.524. The van der Waals surface area contributed by atoms with Crippen LogP contribution in [0.1, 0.15) is 44.2 Å². The third kappa shape index (κ3) is 6.31. The second kappa shape index (κ2) is 11.2. The van der Waals surface area contributed by atoms with Gasteiger partial charge in [-0.2, -0.15) is 0 Å². The van der Waals surface area contributed by atoms with Gasteiger partial charge in [-0.05, 0) is 38.5 Å². The summed E-state index contributed by atoms with van der Waals surface area (Å²) in [7, 11) is 0. The number of Topliss-reactive ketones (excluding diaryl/α,β-unsaturated/α-hetero) is 1. The zero-order chi connectivity index (χ0) is 20.0. The summed E-state index contributed by atoms with van der Waals surface area (Å²) in [4.78, 5) is 24.1. The maximum atomic E-state index is 12.4. The Morgan fingerprint density at radius 3 is 2.14 bits per heavy atom. The summed E-state index contributed by atoms with van der Waals surface area (Å²) in [6.45, 7) is 4.91. The van der Waals surface area contributed by atoms with Gasteiger partial charge in [0, 0.05) is 48.0 Å². The maximum absolute atomic E-state index is 12.4. The molecule has 3 rings (SSSR count). The molecule has 1 aromatic heterocycles. The molecule has 1 heterocycles. The van der Waals surface area contributed by atoms with Crippen molar-refractivity contribution in [2.75, 3.05) is 0 Å². The van der Waals surface area contributed by atoms with Crippen LogP contribution in [0.25, 0.3) is 11.0 Å². The summed E-state index contributed by atoms with van der Waals surface area (Å²) in [5, 5.41) is 19.1. The van der Waals surface area contributed by atoms with Crippen LogP contribution in [0, 0.1) is 0 Å². The van der Waals surface area contributed by atoms with Crippen molar-refractivity contribution in [1.29, 1.82) is 0 Å². The molecule has 0 aliphatic rings. The Hall–Kier alpha value is -1.92. The first-order valence-electron chi connectivity index (χ1n) is 8.78. The van der Waals surface area contributed by atoms with Crippen LogP contribution in [0.4, 0.5) is 0 Å². The van der Waals surface area contributed by atoms with E-state index in [1.165, 1.54) is 6.92 Å². The molecule has 1 unspecified atom stereocenters. The third-order valence-electron chi connectivity index (χ3n) is 3.86. The van der Waals surface area contributed by atoms with Crippen molar-refractivity contribution in [2.24, 2.45) is 0 Å². The molecule has 0 aliphatic carbocycles. The van der Waals surface area contributed by atoms with Gasteiger partial charge in [0.1, 0.15) is 17.1 Å². The molecule has 0 saturated carbocycles. The first-order chi connectivity index (χ1) is 12.8. The molecule has 1 atom stereocenters. The van der Waals surface area contributed by atoms with Gasteiger partial charge in [-0.1, -0.05) is 42.5 Å². The Kier molecular flexibility index (Phi) is 9.62. The molecular formula is C22H24NaO5. The molecule has 6 heteroatoms. The monoisotopic (exact) mass is 391 g/mol. The number of aromatic hydroxyl groups is 1. The van der Waals surface area contributed by atoms with Crippen LogP contribution in [0.15, 0.2) is 63.8 Å². The van der Waals surface area contributed by atoms with Gasteiger partial charge in [-0.3, -0.25) is 4.79 Å². The number of benzene rings is 2. The fourth-order valence-electron chi connectivity index (χ4n) is 2.81. The van der Waals surface area contributed by atoms with Crippen LogP contribution in [0.2, 0.25) is 0 Å². The number of hydrogen-bond acceptors (Lipinski definition) is 5. The number of fused-ring (bicyclic) bond motifs is 1. The zero-order valence-corrected chi connectivity index (χ0v) is 18.7. The Morgan fingerprint density at radius 1 is 1.04 bits per heavy atom. The van der Waals surface area contributed by atoms with Gasteiger partial charge in [-0.25, -0.2) is 4.79 Å². The van der Waals surface area contributed by atoms with E-state index in [2.05, 4.69) is 0 Å². The molecule has 1 radical (unpaired) electrons. The van der Waals surface area contributed by atoms with Gasteiger partial charge in [0.25, 0.3) is 0 Å². The predicted molar refractivity (Wildman–Crippen MR) is 111 cm³/mol. The number of carbonyl (C=O) groups excluding carboxylic acids is 1. The van der Waals surface area contributed by atoms with Gasteiger partial charge in [-0.15, -0.1) is 0 Å². The molecule has 3 aromatic rings. The predicted octanol–water partition coefficient (Wildman–Crippen LogP) is 3.62. The van der Waals surface area contributed by atoms with E-state index < -0.39 is 11.5 Å². The van der Waals surface area contributed by atoms with E-state index in [9.17, 15) is 14.7 Å². The molecule has 5 nitrogen and oxygen atoms in total. The van der Waals surface area contributed by atoms with Crippen molar-refractivity contribution in [2.45, 2.75) is 39.2 Å². The summed E-state index contributed by atoms with van der Waals surface area (Å²) >= 11 is 0. The molecule has 0 amide bonds. The summed E-state index contributed by atoms with van der Waals surface area (Å²) in [6, 6.07) is 16.0. The van der Waals surface area contributed by atoms with Crippen LogP contribution in [-0.2, 0) is 4.79 Å². The van der Waals surface area contributed by atoms with Gasteiger partial charge in [0.15, 0.2) is 0 Å². The minimum Gasteiger partial charge on any atom is -0.507 e. The fourth-order valence-corrected chi connectivity index (χ4v) is 2.81. The number of ketones is 1. The Labute approximate surface area is 186 Å². The SMILES string of the molecule is CC(=O)CC(c1ccccc1)c1c(O)c2ccccc2oc1=O.CC(C)O.[Na]. The van der Waals surface area contributed by atoms with Gasteiger partial charge in [0.2, 0.25) is 0 Å². The first kappa shape index (κ1) is 24.1. The number of aliphatic hydroxyl groups excluding tert-OH is 1. The number of rotatable bonds is 4.